The van der Waals surface area contributed by atoms with Crippen molar-refractivity contribution in [2.45, 2.75) is 37.9 Å². The number of nitrogens with one attached hydrogen (secondary N) is 1. The summed E-state index contributed by atoms with van der Waals surface area (Å²) in [5, 5.41) is 2.25. The van der Waals surface area contributed by atoms with E-state index in [1.165, 1.54) is 0 Å². The molecule has 0 unspecified atom stereocenters. The Bertz CT molecular complexity index is 508. The van der Waals surface area contributed by atoms with E-state index in [9.17, 15) is 26.7 Å². The van der Waals surface area contributed by atoms with E-state index in [0.29, 0.717) is 18.9 Å². The number of alkyl halides is 3. The molecular weight excluding hydrogens is 293 g/mol. The van der Waals surface area contributed by atoms with Crippen molar-refractivity contribution in [1.82, 2.24) is 5.32 Å². The highest BCUT2D eigenvalue weighted by Crippen LogP contribution is 2.37. The Kier molecular flexibility index (Phi) is 4.49. The van der Waals surface area contributed by atoms with Crippen LogP contribution in [0.15, 0.2) is 18.2 Å². The van der Waals surface area contributed by atoms with E-state index in [2.05, 4.69) is 5.32 Å². The number of hydrogen-bond acceptors (Lipinski definition) is 1. The summed E-state index contributed by atoms with van der Waals surface area (Å²) in [5.41, 5.74) is -0.320. The summed E-state index contributed by atoms with van der Waals surface area (Å²) in [6.45, 7) is 0. The lowest BCUT2D eigenvalue weighted by Gasteiger charge is -2.33. The Balaban J connectivity index is 2.13. The van der Waals surface area contributed by atoms with Crippen LogP contribution in [-0.2, 0) is 0 Å². The molecule has 1 fully saturated rings. The summed E-state index contributed by atoms with van der Waals surface area (Å²) < 4.78 is 64.8. The molecule has 0 aromatic heterocycles. The van der Waals surface area contributed by atoms with E-state index in [1.807, 2.05) is 0 Å². The number of amides is 1. The number of carbonyl (C=O) groups is 1. The highest BCUT2D eigenvalue weighted by atomic mass is 19.4. The Labute approximate surface area is 118 Å². The van der Waals surface area contributed by atoms with Gasteiger partial charge in [-0.05, 0) is 25.0 Å². The first-order valence-electron chi connectivity index (χ1n) is 6.61. The van der Waals surface area contributed by atoms with E-state index in [1.54, 1.807) is 0 Å². The Morgan fingerprint density at radius 1 is 1.05 bits per heavy atom. The van der Waals surface area contributed by atoms with E-state index in [-0.39, 0.29) is 18.4 Å². The van der Waals surface area contributed by atoms with Gasteiger partial charge in [-0.15, -0.1) is 0 Å². The molecule has 1 N–H and O–H groups in total. The first kappa shape index (κ1) is 15.7. The zero-order valence-corrected chi connectivity index (χ0v) is 11.0. The van der Waals surface area contributed by atoms with Crippen LogP contribution in [0.25, 0.3) is 0 Å². The van der Waals surface area contributed by atoms with Crippen molar-refractivity contribution < 1.29 is 26.7 Å². The second-order valence-electron chi connectivity index (χ2n) is 5.17. The normalized spacial score (nSPS) is 22.9. The molecule has 2 atom stereocenters. The summed E-state index contributed by atoms with van der Waals surface area (Å²) >= 11 is 0. The zero-order chi connectivity index (χ0) is 15.6. The molecule has 21 heavy (non-hydrogen) atoms. The minimum atomic E-state index is -4.40. The lowest BCUT2D eigenvalue weighted by Crippen LogP contribution is -2.47. The van der Waals surface area contributed by atoms with Gasteiger partial charge in [0.05, 0.1) is 5.92 Å². The van der Waals surface area contributed by atoms with Gasteiger partial charge in [-0.1, -0.05) is 12.8 Å². The molecule has 0 aliphatic heterocycles. The van der Waals surface area contributed by atoms with Gasteiger partial charge >= 0.3 is 6.18 Å². The summed E-state index contributed by atoms with van der Waals surface area (Å²) in [5.74, 6) is -4.41. The number of hydrogen-bond donors (Lipinski definition) is 1. The Morgan fingerprint density at radius 2 is 1.62 bits per heavy atom. The van der Waals surface area contributed by atoms with Gasteiger partial charge < -0.3 is 5.32 Å². The van der Waals surface area contributed by atoms with Gasteiger partial charge in [0, 0.05) is 17.7 Å². The molecule has 0 bridgehead atoms. The van der Waals surface area contributed by atoms with E-state index in [0.717, 1.165) is 12.1 Å². The molecule has 0 radical (unpaired) electrons. The van der Waals surface area contributed by atoms with E-state index >= 15 is 0 Å². The fourth-order valence-corrected chi connectivity index (χ4v) is 2.63. The van der Waals surface area contributed by atoms with Crippen molar-refractivity contribution in [3.05, 3.63) is 35.4 Å². The topological polar surface area (TPSA) is 29.1 Å². The van der Waals surface area contributed by atoms with Crippen molar-refractivity contribution in [2.24, 2.45) is 5.92 Å². The first-order valence-corrected chi connectivity index (χ1v) is 6.61. The minimum Gasteiger partial charge on any atom is -0.349 e. The molecule has 0 heterocycles. The largest absolute Gasteiger partial charge is 0.393 e. The molecule has 1 aliphatic rings. The zero-order valence-electron chi connectivity index (χ0n) is 11.0. The van der Waals surface area contributed by atoms with Crippen LogP contribution < -0.4 is 5.32 Å². The molecule has 1 aliphatic carbocycles. The molecule has 7 heteroatoms. The van der Waals surface area contributed by atoms with Gasteiger partial charge in [0.15, 0.2) is 0 Å². The minimum absolute atomic E-state index is 0.0496. The second-order valence-corrected chi connectivity index (χ2v) is 5.17. The molecular formula is C14H14F5NO. The molecule has 1 aromatic carbocycles. The third-order valence-electron chi connectivity index (χ3n) is 3.63. The van der Waals surface area contributed by atoms with Crippen LogP contribution in [0.5, 0.6) is 0 Å². The molecule has 2 rings (SSSR count). The monoisotopic (exact) mass is 307 g/mol. The van der Waals surface area contributed by atoms with Gasteiger partial charge in [0.2, 0.25) is 0 Å². The average molecular weight is 307 g/mol. The summed E-state index contributed by atoms with van der Waals surface area (Å²) in [6, 6.07) is 1.13. The predicted octanol–water partition coefficient (Wildman–Crippen LogP) is 3.82. The van der Waals surface area contributed by atoms with E-state index in [4.69, 9.17) is 0 Å². The highest BCUT2D eigenvalue weighted by Gasteiger charge is 2.46. The average Bonchev–Trinajstić information content (AvgIpc) is 2.37. The van der Waals surface area contributed by atoms with Crippen LogP contribution in [0.4, 0.5) is 22.0 Å². The third kappa shape index (κ3) is 3.92. The summed E-state index contributed by atoms with van der Waals surface area (Å²) in [4.78, 5) is 11.9. The number of benzene rings is 1. The smallest absolute Gasteiger partial charge is 0.349 e. The van der Waals surface area contributed by atoms with Crippen LogP contribution in [0.3, 0.4) is 0 Å². The number of rotatable bonds is 2. The first-order chi connectivity index (χ1) is 9.77. The fourth-order valence-electron chi connectivity index (χ4n) is 2.63. The molecule has 1 amide bonds. The third-order valence-corrected chi connectivity index (χ3v) is 3.63. The van der Waals surface area contributed by atoms with Gasteiger partial charge in [-0.3, -0.25) is 4.79 Å². The van der Waals surface area contributed by atoms with Gasteiger partial charge in [-0.2, -0.15) is 13.2 Å². The van der Waals surface area contributed by atoms with Crippen LogP contribution in [0.2, 0.25) is 0 Å². The van der Waals surface area contributed by atoms with Gasteiger partial charge in [-0.25, -0.2) is 8.78 Å². The number of halogens is 5. The Hall–Kier alpha value is -1.66. The molecule has 2 nitrogen and oxygen atoms in total. The fraction of sp³-hybridized carbons (Fsp3) is 0.500. The molecule has 1 saturated carbocycles. The van der Waals surface area contributed by atoms with Crippen molar-refractivity contribution in [3.8, 4) is 0 Å². The van der Waals surface area contributed by atoms with Crippen LogP contribution >= 0.6 is 0 Å². The maximum atomic E-state index is 13.0. The molecule has 116 valence electrons. The van der Waals surface area contributed by atoms with Crippen molar-refractivity contribution in [3.63, 3.8) is 0 Å². The molecule has 0 spiro atoms. The molecule has 1 aromatic rings. The van der Waals surface area contributed by atoms with Crippen LogP contribution in [0, 0.1) is 17.6 Å². The summed E-state index contributed by atoms with van der Waals surface area (Å²) in [7, 11) is 0. The Morgan fingerprint density at radius 3 is 2.19 bits per heavy atom. The predicted molar refractivity (Wildman–Crippen MR) is 65.6 cm³/mol. The van der Waals surface area contributed by atoms with Gasteiger partial charge in [0.1, 0.15) is 11.6 Å². The van der Waals surface area contributed by atoms with Crippen molar-refractivity contribution >= 4 is 5.91 Å². The maximum Gasteiger partial charge on any atom is 0.393 e. The lowest BCUT2D eigenvalue weighted by molar-refractivity contribution is -0.187. The lowest BCUT2D eigenvalue weighted by atomic mass is 9.84. The van der Waals surface area contributed by atoms with Crippen LogP contribution in [-0.4, -0.2) is 18.1 Å². The number of carbonyl (C=O) groups excluding carboxylic acids is 1. The molecule has 0 saturated heterocycles. The second kappa shape index (κ2) is 5.99. The van der Waals surface area contributed by atoms with Crippen LogP contribution in [0.1, 0.15) is 36.0 Å². The maximum absolute atomic E-state index is 13.0. The van der Waals surface area contributed by atoms with Crippen molar-refractivity contribution in [1.29, 1.82) is 0 Å². The standard InChI is InChI=1S/C14H14F5NO/c15-9-5-8(6-10(16)7-9)13(21)20-12-4-2-1-3-11(12)14(17,18)19/h5-7,11-12H,1-4H2,(H,20,21)/t11-,12+/m0/s1. The highest BCUT2D eigenvalue weighted by molar-refractivity contribution is 5.94. The van der Waals surface area contributed by atoms with E-state index < -0.39 is 35.7 Å². The van der Waals surface area contributed by atoms with Crippen molar-refractivity contribution in [2.75, 3.05) is 0 Å². The SMILES string of the molecule is O=C(N[C@@H]1CCCC[C@@H]1C(F)(F)F)c1cc(F)cc(F)c1. The quantitative estimate of drug-likeness (QED) is 0.827. The summed E-state index contributed by atoms with van der Waals surface area (Å²) in [6.07, 6.45) is -3.22. The van der Waals surface area contributed by atoms with Gasteiger partial charge in [0.25, 0.3) is 5.91 Å².